The van der Waals surface area contributed by atoms with E-state index in [9.17, 15) is 32.2 Å². The maximum absolute atomic E-state index is 13.9. The van der Waals surface area contributed by atoms with Crippen molar-refractivity contribution in [3.8, 4) is 0 Å². The Kier molecular flexibility index (Phi) is 4.42. The third-order valence-corrected chi connectivity index (χ3v) is 4.15. The first-order valence-electron chi connectivity index (χ1n) is 7.41. The SMILES string of the molecule is Cc1cc(C(F)(F)C(F)(F)F)c2cnn([C@@H]3O[C@H](CO)[C@@H](O)[C@H]3O)c2n1. The van der Waals surface area contributed by atoms with Crippen molar-refractivity contribution in [1.29, 1.82) is 0 Å². The van der Waals surface area contributed by atoms with Gasteiger partial charge in [-0.3, -0.25) is 0 Å². The average molecular weight is 383 g/mol. The van der Waals surface area contributed by atoms with Crippen LogP contribution in [0, 0.1) is 6.92 Å². The van der Waals surface area contributed by atoms with Crippen LogP contribution < -0.4 is 0 Å². The minimum absolute atomic E-state index is 0.134. The Balaban J connectivity index is 2.15. The highest BCUT2D eigenvalue weighted by atomic mass is 19.4. The lowest BCUT2D eigenvalue weighted by atomic mass is 10.0. The van der Waals surface area contributed by atoms with E-state index in [1.165, 1.54) is 6.92 Å². The molecule has 26 heavy (non-hydrogen) atoms. The second kappa shape index (κ2) is 6.08. The Hall–Kier alpha value is -1.89. The van der Waals surface area contributed by atoms with Gasteiger partial charge in [0.25, 0.3) is 0 Å². The fourth-order valence-electron chi connectivity index (χ4n) is 2.82. The normalized spacial score (nSPS) is 27.4. The van der Waals surface area contributed by atoms with Gasteiger partial charge in [-0.1, -0.05) is 0 Å². The van der Waals surface area contributed by atoms with E-state index in [0.29, 0.717) is 6.07 Å². The summed E-state index contributed by atoms with van der Waals surface area (Å²) in [6.45, 7) is 0.585. The number of aliphatic hydroxyl groups excluding tert-OH is 3. The van der Waals surface area contributed by atoms with Crippen LogP contribution in [0.3, 0.4) is 0 Å². The lowest BCUT2D eigenvalue weighted by Crippen LogP contribution is -2.34. The Morgan fingerprint density at radius 3 is 2.38 bits per heavy atom. The van der Waals surface area contributed by atoms with Gasteiger partial charge < -0.3 is 20.1 Å². The van der Waals surface area contributed by atoms with Crippen molar-refractivity contribution in [2.45, 2.75) is 43.6 Å². The molecule has 0 bridgehead atoms. The van der Waals surface area contributed by atoms with Crippen molar-refractivity contribution >= 4 is 11.0 Å². The first-order chi connectivity index (χ1) is 12.0. The number of rotatable bonds is 3. The van der Waals surface area contributed by atoms with Crippen LogP contribution in [0.1, 0.15) is 17.5 Å². The number of pyridine rings is 1. The quantitative estimate of drug-likeness (QED) is 0.684. The molecule has 0 saturated carbocycles. The molecule has 0 unspecified atom stereocenters. The van der Waals surface area contributed by atoms with Gasteiger partial charge in [-0.05, 0) is 13.0 Å². The number of ether oxygens (including phenoxy) is 1. The molecule has 0 aliphatic carbocycles. The Labute approximate surface area is 142 Å². The van der Waals surface area contributed by atoms with Gasteiger partial charge in [-0.15, -0.1) is 0 Å². The van der Waals surface area contributed by atoms with Crippen LogP contribution in [0.4, 0.5) is 22.0 Å². The van der Waals surface area contributed by atoms with Crippen LogP contribution >= 0.6 is 0 Å². The summed E-state index contributed by atoms with van der Waals surface area (Å²) in [5, 5.41) is 32.0. The summed E-state index contributed by atoms with van der Waals surface area (Å²) in [5.74, 6) is -5.14. The maximum atomic E-state index is 13.9. The lowest BCUT2D eigenvalue weighted by molar-refractivity contribution is -0.288. The number of hydrogen-bond donors (Lipinski definition) is 3. The fraction of sp³-hybridized carbons (Fsp3) is 0.571. The summed E-state index contributed by atoms with van der Waals surface area (Å²) >= 11 is 0. The van der Waals surface area contributed by atoms with E-state index in [1.54, 1.807) is 0 Å². The smallest absolute Gasteiger partial charge is 0.394 e. The number of fused-ring (bicyclic) bond motifs is 1. The van der Waals surface area contributed by atoms with Crippen molar-refractivity contribution in [1.82, 2.24) is 14.8 Å². The van der Waals surface area contributed by atoms with E-state index in [4.69, 9.17) is 9.84 Å². The molecule has 3 N–H and O–H groups in total. The minimum atomic E-state index is -5.82. The second-order valence-electron chi connectivity index (χ2n) is 5.94. The molecule has 1 fully saturated rings. The highest BCUT2D eigenvalue weighted by Gasteiger charge is 2.59. The summed E-state index contributed by atoms with van der Waals surface area (Å²) in [6, 6.07) is 0.610. The number of nitrogens with zero attached hydrogens (tertiary/aromatic N) is 3. The van der Waals surface area contributed by atoms with Gasteiger partial charge in [0.15, 0.2) is 11.9 Å². The molecule has 12 heteroatoms. The molecule has 0 radical (unpaired) electrons. The summed E-state index contributed by atoms with van der Waals surface area (Å²) in [5.41, 5.74) is -1.84. The van der Waals surface area contributed by atoms with Crippen LogP contribution in [0.2, 0.25) is 0 Å². The van der Waals surface area contributed by atoms with Gasteiger partial charge in [0, 0.05) is 16.6 Å². The van der Waals surface area contributed by atoms with Gasteiger partial charge in [-0.25, -0.2) is 9.67 Å². The maximum Gasteiger partial charge on any atom is 0.458 e. The molecule has 3 heterocycles. The first-order valence-corrected chi connectivity index (χ1v) is 7.41. The number of aromatic nitrogens is 3. The van der Waals surface area contributed by atoms with Gasteiger partial charge in [-0.2, -0.15) is 27.1 Å². The highest BCUT2D eigenvalue weighted by Crippen LogP contribution is 2.46. The molecule has 1 aliphatic rings. The van der Waals surface area contributed by atoms with E-state index in [2.05, 4.69) is 10.1 Å². The highest BCUT2D eigenvalue weighted by molar-refractivity contribution is 5.80. The molecule has 1 saturated heterocycles. The van der Waals surface area contributed by atoms with Crippen LogP contribution in [0.5, 0.6) is 0 Å². The van der Waals surface area contributed by atoms with Crippen molar-refractivity contribution in [2.24, 2.45) is 0 Å². The molecule has 7 nitrogen and oxygen atoms in total. The summed E-state index contributed by atoms with van der Waals surface area (Å²) < 4.78 is 72.1. The Morgan fingerprint density at radius 1 is 1.19 bits per heavy atom. The van der Waals surface area contributed by atoms with Gasteiger partial charge >= 0.3 is 12.1 Å². The van der Waals surface area contributed by atoms with Crippen molar-refractivity contribution in [3.05, 3.63) is 23.5 Å². The van der Waals surface area contributed by atoms with Crippen molar-refractivity contribution < 1.29 is 42.0 Å². The monoisotopic (exact) mass is 383 g/mol. The summed E-state index contributed by atoms with van der Waals surface area (Å²) in [6.07, 6.45) is -10.7. The predicted octanol–water partition coefficient (Wildman–Crippen LogP) is 1.01. The topological polar surface area (TPSA) is 101 Å². The summed E-state index contributed by atoms with van der Waals surface area (Å²) in [7, 11) is 0. The molecular formula is C14H14F5N3O4. The standard InChI is InChI=1S/C14H14F5N3O4/c1-5-2-7(13(15,16)14(17,18)19)6-3-20-22(11(6)21-5)12-10(25)9(24)8(4-23)26-12/h2-3,8-10,12,23-25H,4H2,1H3/t8-,9-,10-,12-/m1/s1. The number of aryl methyl sites for hydroxylation is 1. The van der Waals surface area contributed by atoms with E-state index in [1.807, 2.05) is 0 Å². The minimum Gasteiger partial charge on any atom is -0.394 e. The van der Waals surface area contributed by atoms with E-state index in [-0.39, 0.29) is 11.3 Å². The number of aliphatic hydroxyl groups is 3. The van der Waals surface area contributed by atoms with Crippen LogP contribution in [0.25, 0.3) is 11.0 Å². The van der Waals surface area contributed by atoms with Gasteiger partial charge in [0.1, 0.15) is 18.3 Å². The van der Waals surface area contributed by atoms with Crippen LogP contribution in [-0.2, 0) is 10.7 Å². The third-order valence-electron chi connectivity index (χ3n) is 4.15. The molecule has 0 spiro atoms. The van der Waals surface area contributed by atoms with Crippen molar-refractivity contribution in [2.75, 3.05) is 6.61 Å². The van der Waals surface area contributed by atoms with E-state index >= 15 is 0 Å². The molecule has 2 aromatic heterocycles. The summed E-state index contributed by atoms with van der Waals surface area (Å²) in [4.78, 5) is 3.91. The first kappa shape index (κ1) is 18.9. The third kappa shape index (κ3) is 2.73. The van der Waals surface area contributed by atoms with Crippen LogP contribution in [-0.4, -0.2) is 61.2 Å². The zero-order chi connectivity index (χ0) is 19.4. The lowest BCUT2D eigenvalue weighted by Gasteiger charge is -2.21. The fourth-order valence-corrected chi connectivity index (χ4v) is 2.82. The van der Waals surface area contributed by atoms with E-state index in [0.717, 1.165) is 10.9 Å². The van der Waals surface area contributed by atoms with Crippen LogP contribution in [0.15, 0.2) is 12.3 Å². The van der Waals surface area contributed by atoms with Crippen molar-refractivity contribution in [3.63, 3.8) is 0 Å². The molecule has 1 aliphatic heterocycles. The van der Waals surface area contributed by atoms with Gasteiger partial charge in [0.05, 0.1) is 12.8 Å². The molecule has 3 rings (SSSR count). The Morgan fingerprint density at radius 2 is 1.85 bits per heavy atom. The number of alkyl halides is 5. The zero-order valence-corrected chi connectivity index (χ0v) is 13.2. The number of halogens is 5. The largest absolute Gasteiger partial charge is 0.458 e. The predicted molar refractivity (Wildman–Crippen MR) is 75.2 cm³/mol. The molecule has 4 atom stereocenters. The number of hydrogen-bond acceptors (Lipinski definition) is 6. The second-order valence-corrected chi connectivity index (χ2v) is 5.94. The molecule has 0 aromatic carbocycles. The average Bonchev–Trinajstić information content (AvgIpc) is 3.07. The molecule has 0 amide bonds. The van der Waals surface area contributed by atoms with E-state index < -0.39 is 54.2 Å². The molecule has 2 aromatic rings. The zero-order valence-electron chi connectivity index (χ0n) is 13.2. The Bertz CT molecular complexity index is 825. The van der Waals surface area contributed by atoms with Gasteiger partial charge in [0.2, 0.25) is 0 Å². The molecular weight excluding hydrogens is 369 g/mol. The molecule has 144 valence electrons.